The Morgan fingerprint density at radius 3 is 1.80 bits per heavy atom. The van der Waals surface area contributed by atoms with Gasteiger partial charge < -0.3 is 40.0 Å². The van der Waals surface area contributed by atoms with Crippen LogP contribution < -0.4 is 20.5 Å². The van der Waals surface area contributed by atoms with Crippen molar-refractivity contribution in [3.63, 3.8) is 0 Å². The Labute approximate surface area is 527 Å². The largest absolute Gasteiger partial charge is 0.480 e. The number of pyridine rings is 2. The molecule has 0 aromatic carbocycles. The van der Waals surface area contributed by atoms with Crippen molar-refractivity contribution < 1.29 is 64.8 Å². The number of nitrogens with two attached hydrogens (primary N) is 1. The van der Waals surface area contributed by atoms with E-state index in [9.17, 15) is 32.7 Å². The molecule has 2 amide bonds. The molecular weight excluding hydrogens is 1230 g/mol. The number of nitrogens with zero attached hydrogens (tertiary/aromatic N) is 10. The van der Waals surface area contributed by atoms with E-state index < -0.39 is 88.1 Å². The number of carbonyl (C=O) groups is 3. The van der Waals surface area contributed by atoms with Crippen molar-refractivity contribution >= 4 is 83.7 Å². The molecule has 0 radical (unpaired) electrons. The van der Waals surface area contributed by atoms with E-state index in [0.29, 0.717) is 39.0 Å². The minimum atomic E-state index is -1.50. The number of hydrogen-bond donors (Lipinski definition) is 3. The van der Waals surface area contributed by atoms with Gasteiger partial charge in [0.15, 0.2) is 35.2 Å². The Morgan fingerprint density at radius 2 is 1.36 bits per heavy atom. The van der Waals surface area contributed by atoms with Gasteiger partial charge in [0.1, 0.15) is 45.6 Å². The summed E-state index contributed by atoms with van der Waals surface area (Å²) in [7, 11) is -1.46. The first-order valence-electron chi connectivity index (χ1n) is 28.7. The summed E-state index contributed by atoms with van der Waals surface area (Å²) < 4.78 is 106. The lowest BCUT2D eigenvalue weighted by Crippen LogP contribution is -2.47. The molecular formula is C61H70F6N12O8S2Si. The second-order valence-electron chi connectivity index (χ2n) is 24.6. The first-order valence-corrected chi connectivity index (χ1v) is 34.0. The van der Waals surface area contributed by atoms with Crippen LogP contribution in [-0.2, 0) is 30.1 Å². The maximum absolute atomic E-state index is 15.6. The fourth-order valence-corrected chi connectivity index (χ4v) is 14.2. The lowest BCUT2D eigenvalue weighted by atomic mass is 9.86. The van der Waals surface area contributed by atoms with Gasteiger partial charge in [-0.15, -0.1) is 12.8 Å². The number of thioether (sulfide) groups is 2. The number of hydrogen-bond acceptors (Lipinski definition) is 19. The van der Waals surface area contributed by atoms with Gasteiger partial charge in [-0.3, -0.25) is 19.6 Å². The predicted octanol–water partition coefficient (Wildman–Crippen LogP) is 9.61. The number of aromatic nitrogens is 6. The fraction of sp³-hybridized carbons (Fsp3) is 0.492. The molecule has 20 nitrogen and oxygen atoms in total. The third-order valence-electron chi connectivity index (χ3n) is 15.4. The molecule has 0 spiro atoms. The van der Waals surface area contributed by atoms with Gasteiger partial charge in [0.2, 0.25) is 29.6 Å². The zero-order chi connectivity index (χ0) is 65.6. The molecule has 4 aromatic rings. The molecule has 4 fully saturated rings. The monoisotopic (exact) mass is 1300 g/mol. The van der Waals surface area contributed by atoms with Crippen LogP contribution in [0.1, 0.15) is 93.9 Å². The molecule has 2 aliphatic carbocycles. The molecule has 8 heterocycles. The molecule has 2 saturated carbocycles. The lowest BCUT2D eigenvalue weighted by molar-refractivity contribution is -0.137. The molecule has 4 aliphatic heterocycles. The number of alkyl halides is 2. The topological polar surface area (TPSA) is 255 Å². The third-order valence-corrected chi connectivity index (χ3v) is 19.8. The third kappa shape index (κ3) is 16.1. The van der Waals surface area contributed by atoms with Gasteiger partial charge in [-0.05, 0) is 108 Å². The molecule has 8 atom stereocenters. The number of aliphatic imine (C=N–C) groups is 2. The summed E-state index contributed by atoms with van der Waals surface area (Å²) in [6.45, 7) is 16.9. The number of carboxylic acids is 1. The van der Waals surface area contributed by atoms with Crippen LogP contribution >= 0.6 is 23.5 Å². The summed E-state index contributed by atoms with van der Waals surface area (Å²) >= 11 is 2.06. The number of amidine groups is 2. The van der Waals surface area contributed by atoms with Gasteiger partial charge in [-0.25, -0.2) is 57.2 Å². The van der Waals surface area contributed by atoms with Crippen molar-refractivity contribution in [1.82, 2.24) is 45.0 Å². The van der Waals surface area contributed by atoms with Crippen LogP contribution in [0, 0.1) is 48.4 Å². The van der Waals surface area contributed by atoms with Crippen molar-refractivity contribution in [2.45, 2.75) is 125 Å². The van der Waals surface area contributed by atoms with Gasteiger partial charge in [-0.2, -0.15) is 8.78 Å². The number of carboxylic acid groups (broad SMARTS) is 1. The van der Waals surface area contributed by atoms with Crippen molar-refractivity contribution in [1.29, 1.82) is 0 Å². The van der Waals surface area contributed by atoms with Crippen molar-refractivity contribution in [3.8, 4) is 36.4 Å². The fourth-order valence-electron chi connectivity index (χ4n) is 10.5. The average molecular weight is 1310 g/mol. The van der Waals surface area contributed by atoms with Crippen molar-refractivity contribution in [3.05, 3.63) is 94.9 Å². The molecule has 0 unspecified atom stereocenters. The smallest absolute Gasteiger partial charge is 0.418 e. The Balaban J connectivity index is 0.000000216. The second-order valence-corrected chi connectivity index (χ2v) is 32.9. The predicted molar refractivity (Wildman–Crippen MR) is 333 cm³/mol. The quantitative estimate of drug-likeness (QED) is 0.0222. The summed E-state index contributed by atoms with van der Waals surface area (Å²) in [5.41, 5.74) is 2.82. The molecule has 0 bridgehead atoms. The normalized spacial score (nSPS) is 25.8. The number of aliphatic carboxylic acids is 1. The minimum absolute atomic E-state index is 0.00290. The lowest BCUT2D eigenvalue weighted by Gasteiger charge is -2.37. The minimum Gasteiger partial charge on any atom is -0.480 e. The number of rotatable bonds is 17. The number of fused-ring (bicyclic) bond motifs is 2. The summed E-state index contributed by atoms with van der Waals surface area (Å²) in [5.74, 6) is -0.738. The van der Waals surface area contributed by atoms with Gasteiger partial charge in [-0.1, -0.05) is 55.0 Å². The van der Waals surface area contributed by atoms with Crippen molar-refractivity contribution in [2.75, 3.05) is 52.7 Å². The van der Waals surface area contributed by atoms with Crippen LogP contribution in [0.5, 0.6) is 11.8 Å². The van der Waals surface area contributed by atoms with E-state index in [-0.39, 0.29) is 100 Å². The number of terminal acetylenes is 2. The van der Waals surface area contributed by atoms with Crippen LogP contribution in [0.2, 0.25) is 25.7 Å². The summed E-state index contributed by atoms with van der Waals surface area (Å²) in [6, 6.07) is 3.63. The Morgan fingerprint density at radius 1 is 0.811 bits per heavy atom. The van der Waals surface area contributed by atoms with Crippen LogP contribution in [0.15, 0.2) is 59.3 Å². The maximum atomic E-state index is 15.6. The van der Waals surface area contributed by atoms with Gasteiger partial charge in [0.05, 0.1) is 42.4 Å². The van der Waals surface area contributed by atoms with Gasteiger partial charge in [0, 0.05) is 63.1 Å². The first kappa shape index (κ1) is 68.3. The van der Waals surface area contributed by atoms with Crippen LogP contribution in [0.4, 0.5) is 31.1 Å². The zero-order valence-corrected chi connectivity index (χ0v) is 53.5. The van der Waals surface area contributed by atoms with E-state index in [1.165, 1.54) is 41.8 Å². The highest BCUT2D eigenvalue weighted by atomic mass is 32.2. The zero-order valence-electron chi connectivity index (χ0n) is 50.9. The molecule has 4 N–H and O–H groups in total. The number of ether oxygens (including phenoxy) is 4. The Hall–Kier alpha value is -7.57. The average Bonchev–Trinajstić information content (AvgIpc) is 1.53. The van der Waals surface area contributed by atoms with E-state index in [4.69, 9.17) is 42.5 Å². The number of amides is 2. The van der Waals surface area contributed by atoms with E-state index in [1.54, 1.807) is 34.6 Å². The molecule has 29 heteroatoms. The molecule has 10 rings (SSSR count). The van der Waals surface area contributed by atoms with E-state index in [0.717, 1.165) is 65.6 Å². The van der Waals surface area contributed by atoms with E-state index in [1.807, 2.05) is 0 Å². The Bertz CT molecular complexity index is 3550. The molecule has 90 heavy (non-hydrogen) atoms. The van der Waals surface area contributed by atoms with Crippen LogP contribution in [0.3, 0.4) is 0 Å². The van der Waals surface area contributed by atoms with E-state index >= 15 is 13.2 Å². The molecule has 480 valence electrons. The molecule has 2 saturated heterocycles. The maximum Gasteiger partial charge on any atom is 0.418 e. The first-order chi connectivity index (χ1) is 42.4. The summed E-state index contributed by atoms with van der Waals surface area (Å²) in [4.78, 5) is 75.0. The highest BCUT2D eigenvalue weighted by molar-refractivity contribution is 8.16. The van der Waals surface area contributed by atoms with E-state index in [2.05, 4.69) is 71.7 Å². The standard InChI is InChI=1S/C32H39F2N5O6SSi.C25H23F3N6O2S.C4H8FN/c1-9-10-44-25-18-35-23(17-36-25)22(33)14-20-13-21(26(34)37-16-20)31(5)24-15-32(24,27(40)41)46-28(38-31)39(29(42)45-30(2,3)4)19-43-11-12-47(6,7)8;1-3-6-36-20-12-30-18(11-31-20)17(27)8-14-7-16(21(28)32-10-14)24(2)19-9-25(19,37-23(29)33-24)22(35)34-5-4-15(26)13-34;5-4-1-2-6-3-4/h1,13-14,16-18,24H,10-12,15,19H2,2-8H3,(H,40,41);1,7-8,10-12,15,19H,4-6,9,13H2,2H3,(H2,29,33);4,6H,1-3H2/b22-14-;17-8-;/t24-,31+,32-;15-,19+,24-,25+;4-/m011/s1. The number of nitrogens with one attached hydrogen (secondary N) is 1. The number of likely N-dealkylation sites (tertiary alicyclic amines) is 1. The number of carbonyl (C=O) groups excluding carboxylic acids is 2. The Kier molecular flexibility index (Phi) is 21.2. The number of halogens is 6. The van der Waals surface area contributed by atoms with Crippen LogP contribution in [0.25, 0.3) is 23.8 Å². The second kappa shape index (κ2) is 27.9. The highest BCUT2D eigenvalue weighted by Crippen LogP contribution is 2.68. The summed E-state index contributed by atoms with van der Waals surface area (Å²) in [6.07, 6.45) is 18.8. The van der Waals surface area contributed by atoms with Crippen LogP contribution in [-0.4, -0.2) is 161 Å². The molecule has 6 aliphatic rings. The van der Waals surface area contributed by atoms with Gasteiger partial charge >= 0.3 is 12.1 Å². The molecule has 4 aromatic heterocycles. The van der Waals surface area contributed by atoms with Crippen molar-refractivity contribution in [2.24, 2.45) is 27.6 Å². The summed E-state index contributed by atoms with van der Waals surface area (Å²) in [5, 5.41) is 13.4. The highest BCUT2D eigenvalue weighted by Gasteiger charge is 2.73. The van der Waals surface area contributed by atoms with Gasteiger partial charge in [0.25, 0.3) is 0 Å². The SMILES string of the molecule is C#CCOc1cnc(/C(F)=C/c2cnc(F)c([C@@]3(C)N=C(N(COCC[Si](C)(C)C)C(=O)OC(C)(C)C)S[C@@]4(C(=O)O)C[C@H]43)c2)cn1.C#CCOc1cnc(/C(F)=C/c2cnc(F)c([C@@]3(C)N=C(N)S[C@@]4(C(=O)N5CC[C@@H](F)C5)C[C@H]43)c2)cn1.F[C@@H]1CCNC1.